The number of aromatic nitrogens is 1. The number of hydrogen-bond donors (Lipinski definition) is 3. The number of fused-ring (bicyclic) bond motifs is 2. The molecule has 0 fully saturated rings. The first kappa shape index (κ1) is 17.7. The third-order valence-corrected chi connectivity index (χ3v) is 5.09. The number of amides is 1. The lowest BCUT2D eigenvalue weighted by atomic mass is 9.99. The largest absolute Gasteiger partial charge is 0.361 e. The molecule has 3 aromatic carbocycles. The fourth-order valence-electron chi connectivity index (χ4n) is 3.68. The van der Waals surface area contributed by atoms with Crippen LogP contribution in [0.3, 0.4) is 0 Å². The Hall–Kier alpha value is -4.39. The van der Waals surface area contributed by atoms with Crippen molar-refractivity contribution in [1.82, 2.24) is 4.98 Å². The van der Waals surface area contributed by atoms with Gasteiger partial charge in [0, 0.05) is 46.2 Å². The molecule has 7 heteroatoms. The quantitative estimate of drug-likeness (QED) is 0.256. The van der Waals surface area contributed by atoms with Crippen molar-refractivity contribution >= 4 is 45.1 Å². The van der Waals surface area contributed by atoms with Crippen molar-refractivity contribution in [1.29, 1.82) is 0 Å². The zero-order chi connectivity index (χ0) is 20.7. The number of rotatable bonds is 4. The second kappa shape index (κ2) is 6.89. The van der Waals surface area contributed by atoms with Gasteiger partial charge in [0.25, 0.3) is 11.6 Å². The van der Waals surface area contributed by atoms with Crippen LogP contribution in [0.5, 0.6) is 0 Å². The van der Waals surface area contributed by atoms with Crippen molar-refractivity contribution in [3.05, 3.63) is 100 Å². The van der Waals surface area contributed by atoms with Crippen LogP contribution in [-0.4, -0.2) is 15.8 Å². The number of carbonyl (C=O) groups excluding carboxylic acids is 1. The Balaban J connectivity index is 1.71. The molecule has 1 amide bonds. The van der Waals surface area contributed by atoms with Gasteiger partial charge in [0.15, 0.2) is 0 Å². The molecule has 1 aliphatic heterocycles. The molecule has 3 N–H and O–H groups in total. The van der Waals surface area contributed by atoms with Crippen LogP contribution < -0.4 is 10.6 Å². The van der Waals surface area contributed by atoms with Gasteiger partial charge < -0.3 is 15.6 Å². The molecule has 2 heterocycles. The summed E-state index contributed by atoms with van der Waals surface area (Å²) in [4.78, 5) is 26.9. The lowest BCUT2D eigenvalue weighted by Gasteiger charge is -2.15. The maximum Gasteiger partial charge on any atom is 0.270 e. The predicted octanol–water partition coefficient (Wildman–Crippen LogP) is 5.01. The molecular formula is C23H16N4O3. The normalized spacial score (nSPS) is 14.3. The van der Waals surface area contributed by atoms with Gasteiger partial charge in [-0.25, -0.2) is 0 Å². The lowest BCUT2D eigenvalue weighted by Crippen LogP contribution is -2.10. The van der Waals surface area contributed by atoms with E-state index in [1.165, 1.54) is 12.1 Å². The summed E-state index contributed by atoms with van der Waals surface area (Å²) in [7, 11) is 0. The van der Waals surface area contributed by atoms with Crippen LogP contribution in [0.2, 0.25) is 0 Å². The highest BCUT2D eigenvalue weighted by atomic mass is 16.6. The zero-order valence-corrected chi connectivity index (χ0v) is 15.7. The van der Waals surface area contributed by atoms with E-state index < -0.39 is 4.92 Å². The van der Waals surface area contributed by atoms with Crippen molar-refractivity contribution < 1.29 is 9.72 Å². The fraction of sp³-hybridized carbons (Fsp3) is 0. The molecule has 0 unspecified atom stereocenters. The van der Waals surface area contributed by atoms with E-state index >= 15 is 0 Å². The monoisotopic (exact) mass is 396 g/mol. The van der Waals surface area contributed by atoms with Crippen LogP contribution in [0, 0.1) is 10.1 Å². The SMILES string of the molecule is O=C1Nc2ccc([N+](=O)[O-])cc2/C1=C(/Nc1ccc2[nH]ccc2c1)c1ccccc1. The first-order valence-electron chi connectivity index (χ1n) is 9.34. The average Bonchev–Trinajstić information content (AvgIpc) is 3.35. The van der Waals surface area contributed by atoms with Gasteiger partial charge in [0.05, 0.1) is 16.2 Å². The average molecular weight is 396 g/mol. The third kappa shape index (κ3) is 2.98. The summed E-state index contributed by atoms with van der Waals surface area (Å²) in [6, 6.07) is 21.7. The van der Waals surface area contributed by atoms with Gasteiger partial charge in [0.2, 0.25) is 0 Å². The molecule has 7 nitrogen and oxygen atoms in total. The summed E-state index contributed by atoms with van der Waals surface area (Å²) in [5.74, 6) is -0.306. The highest BCUT2D eigenvalue weighted by Gasteiger charge is 2.30. The van der Waals surface area contributed by atoms with Crippen LogP contribution >= 0.6 is 0 Å². The summed E-state index contributed by atoms with van der Waals surface area (Å²) >= 11 is 0. The van der Waals surface area contributed by atoms with Crippen LogP contribution in [0.1, 0.15) is 11.1 Å². The van der Waals surface area contributed by atoms with Crippen molar-refractivity contribution in [3.63, 3.8) is 0 Å². The Morgan fingerprint density at radius 2 is 1.80 bits per heavy atom. The van der Waals surface area contributed by atoms with Gasteiger partial charge in [-0.2, -0.15) is 0 Å². The number of aromatic amines is 1. The number of hydrogen-bond acceptors (Lipinski definition) is 4. The van der Waals surface area contributed by atoms with E-state index in [-0.39, 0.29) is 11.6 Å². The van der Waals surface area contributed by atoms with Gasteiger partial charge in [-0.15, -0.1) is 0 Å². The van der Waals surface area contributed by atoms with Crippen LogP contribution in [-0.2, 0) is 4.79 Å². The van der Waals surface area contributed by atoms with E-state index in [0.29, 0.717) is 22.5 Å². The van der Waals surface area contributed by atoms with Crippen molar-refractivity contribution in [2.75, 3.05) is 10.6 Å². The molecule has 0 saturated heterocycles. The number of nitrogens with zero attached hydrogens (tertiary/aromatic N) is 1. The number of carbonyl (C=O) groups is 1. The minimum absolute atomic E-state index is 0.0658. The minimum atomic E-state index is -0.462. The first-order valence-corrected chi connectivity index (χ1v) is 9.34. The second-order valence-electron chi connectivity index (χ2n) is 6.96. The standard InChI is InChI=1S/C23H16N4O3/c28-23-21(18-13-17(27(29)30)7-9-20(18)26-23)22(14-4-2-1-3-5-14)25-16-6-8-19-15(12-16)10-11-24-19/h1-13,24-25H,(H,26,28)/b22-21-. The highest BCUT2D eigenvalue weighted by Crippen LogP contribution is 2.39. The number of benzene rings is 3. The molecule has 0 radical (unpaired) electrons. The Labute approximate surface area is 171 Å². The molecule has 4 aromatic rings. The topological polar surface area (TPSA) is 100 Å². The van der Waals surface area contributed by atoms with Crippen molar-refractivity contribution in [2.24, 2.45) is 0 Å². The molecule has 5 rings (SSSR count). The summed E-state index contributed by atoms with van der Waals surface area (Å²) in [5, 5.41) is 18.5. The highest BCUT2D eigenvalue weighted by molar-refractivity contribution is 6.37. The zero-order valence-electron chi connectivity index (χ0n) is 15.7. The molecule has 30 heavy (non-hydrogen) atoms. The van der Waals surface area contributed by atoms with Crippen LogP contribution in [0.25, 0.3) is 22.2 Å². The summed E-state index contributed by atoms with van der Waals surface area (Å²) in [6.45, 7) is 0. The van der Waals surface area contributed by atoms with Gasteiger partial charge in [-0.05, 0) is 35.9 Å². The molecule has 0 bridgehead atoms. The maximum atomic E-state index is 12.9. The van der Waals surface area contributed by atoms with E-state index in [2.05, 4.69) is 15.6 Å². The minimum Gasteiger partial charge on any atom is -0.361 e. The van der Waals surface area contributed by atoms with E-state index in [0.717, 1.165) is 22.2 Å². The van der Waals surface area contributed by atoms with E-state index in [1.54, 1.807) is 6.07 Å². The number of nitro benzene ring substituents is 1. The number of non-ortho nitro benzene ring substituents is 1. The summed E-state index contributed by atoms with van der Waals surface area (Å²) in [6.07, 6.45) is 1.87. The molecule has 1 aliphatic rings. The molecule has 146 valence electrons. The smallest absolute Gasteiger partial charge is 0.270 e. The van der Waals surface area contributed by atoms with Crippen molar-refractivity contribution in [3.8, 4) is 0 Å². The second-order valence-corrected chi connectivity index (χ2v) is 6.96. The van der Waals surface area contributed by atoms with E-state index in [9.17, 15) is 14.9 Å². The Morgan fingerprint density at radius 1 is 0.967 bits per heavy atom. The Bertz CT molecular complexity index is 1340. The summed E-state index contributed by atoms with van der Waals surface area (Å²) in [5.41, 5.74) is 4.56. The number of H-pyrrole nitrogens is 1. The number of nitrogens with one attached hydrogen (secondary N) is 3. The molecule has 0 saturated carbocycles. The molecule has 0 aliphatic carbocycles. The number of anilines is 2. The lowest BCUT2D eigenvalue weighted by molar-refractivity contribution is -0.384. The van der Waals surface area contributed by atoms with E-state index in [4.69, 9.17) is 0 Å². The van der Waals surface area contributed by atoms with Gasteiger partial charge >= 0.3 is 0 Å². The Morgan fingerprint density at radius 3 is 2.60 bits per heavy atom. The van der Waals surface area contributed by atoms with Gasteiger partial charge in [-0.3, -0.25) is 14.9 Å². The predicted molar refractivity (Wildman–Crippen MR) is 117 cm³/mol. The maximum absolute atomic E-state index is 12.9. The third-order valence-electron chi connectivity index (χ3n) is 5.09. The van der Waals surface area contributed by atoms with Crippen molar-refractivity contribution in [2.45, 2.75) is 0 Å². The fourth-order valence-corrected chi connectivity index (χ4v) is 3.68. The van der Waals surface area contributed by atoms with Crippen LogP contribution in [0.4, 0.5) is 17.1 Å². The molecular weight excluding hydrogens is 380 g/mol. The van der Waals surface area contributed by atoms with E-state index in [1.807, 2.05) is 60.8 Å². The summed E-state index contributed by atoms with van der Waals surface area (Å²) < 4.78 is 0. The van der Waals surface area contributed by atoms with Gasteiger partial charge in [-0.1, -0.05) is 30.3 Å². The Kier molecular flexibility index (Phi) is 4.07. The van der Waals surface area contributed by atoms with Gasteiger partial charge in [0.1, 0.15) is 0 Å². The molecule has 0 atom stereocenters. The van der Waals surface area contributed by atoms with Crippen LogP contribution in [0.15, 0.2) is 79.0 Å². The molecule has 0 spiro atoms. The number of nitro groups is 1. The first-order chi connectivity index (χ1) is 14.6. The molecule has 1 aromatic heterocycles.